The van der Waals surface area contributed by atoms with Gasteiger partial charge in [-0.2, -0.15) is 0 Å². The fourth-order valence-electron chi connectivity index (χ4n) is 4.36. The van der Waals surface area contributed by atoms with Crippen LogP contribution >= 0.6 is 0 Å². The molecule has 0 atom stereocenters. The number of rotatable bonds is 1. The molecule has 0 saturated heterocycles. The van der Waals surface area contributed by atoms with E-state index < -0.39 is 6.97 Å². The van der Waals surface area contributed by atoms with Crippen molar-refractivity contribution in [2.75, 3.05) is 11.5 Å². The molecule has 2 aromatic rings. The Kier molecular flexibility index (Phi) is 3.26. The molecular weight excluding hydrogens is 333 g/mol. The zero-order valence-electron chi connectivity index (χ0n) is 15.3. The molecule has 1 aromatic heterocycles. The van der Waals surface area contributed by atoms with E-state index in [1.165, 1.54) is 8.96 Å². The molecule has 134 valence electrons. The van der Waals surface area contributed by atoms with Gasteiger partial charge < -0.3 is 29.1 Å². The van der Waals surface area contributed by atoms with Gasteiger partial charge in [-0.25, -0.2) is 0 Å². The maximum absolute atomic E-state index is 15.5. The molecule has 3 heterocycles. The van der Waals surface area contributed by atoms with Crippen molar-refractivity contribution in [1.82, 2.24) is 4.48 Å². The van der Waals surface area contributed by atoms with Crippen LogP contribution in [0, 0.1) is 13.8 Å². The monoisotopic (exact) mass is 354 g/mol. The van der Waals surface area contributed by atoms with Crippen LogP contribution in [0.4, 0.5) is 20.0 Å². The molecule has 0 aliphatic carbocycles. The average Bonchev–Trinajstić information content (AvgIpc) is 2.99. The van der Waals surface area contributed by atoms with E-state index in [9.17, 15) is 0 Å². The van der Waals surface area contributed by atoms with E-state index in [1.807, 2.05) is 19.9 Å². The molecule has 0 spiro atoms. The molecule has 0 bridgehead atoms. The largest absolute Gasteiger partial charge is 0.737 e. The molecule has 4 rings (SSSR count). The Morgan fingerprint density at radius 3 is 2.38 bits per heavy atom. The van der Waals surface area contributed by atoms with Crippen molar-refractivity contribution in [3.8, 4) is 0 Å². The first-order valence-corrected chi connectivity index (χ1v) is 8.57. The summed E-state index contributed by atoms with van der Waals surface area (Å²) in [6.07, 6.45) is 1.80. The topological polar surface area (TPSA) is 60.0 Å². The maximum atomic E-state index is 15.5. The Morgan fingerprint density at radius 2 is 1.73 bits per heavy atom. The van der Waals surface area contributed by atoms with Crippen LogP contribution in [0.1, 0.15) is 36.4 Å². The lowest BCUT2D eigenvalue weighted by atomic mass is 9.83. The highest BCUT2D eigenvalue weighted by Gasteiger charge is 2.55. The average molecular weight is 354 g/mol. The number of aromatic nitrogens is 1. The number of nitrogens with zero attached hydrogens (tertiary/aromatic N) is 2. The van der Waals surface area contributed by atoms with Crippen LogP contribution in [0.15, 0.2) is 41.6 Å². The standard InChI is InChI=1S/C19H21BF2N4/c1-10-7-12(3)25-18(10)17(15-6-5-14(23)9-16(15)24)19-11(2)8-13(4)26(19)20(25,21)22/h5-9H,23-24H2,1-4H3. The van der Waals surface area contributed by atoms with Gasteiger partial charge in [0.2, 0.25) is 0 Å². The van der Waals surface area contributed by atoms with Gasteiger partial charge in [0, 0.05) is 41.2 Å². The number of hydrogen-bond donors (Lipinski definition) is 2. The quantitative estimate of drug-likeness (QED) is 0.606. The second kappa shape index (κ2) is 5.10. The van der Waals surface area contributed by atoms with Crippen LogP contribution in [0.3, 0.4) is 0 Å². The van der Waals surface area contributed by atoms with Gasteiger partial charge in [-0.1, -0.05) is 0 Å². The van der Waals surface area contributed by atoms with Crippen molar-refractivity contribution >= 4 is 29.6 Å². The first-order chi connectivity index (χ1) is 12.1. The van der Waals surface area contributed by atoms with E-state index in [1.54, 1.807) is 38.1 Å². The SMILES string of the molecule is CC1=CC(C)=[N+]2C1=C(c1ccc(N)cc1N)c1c(C)cc(C)n1[B-]2(F)F. The zero-order chi connectivity index (χ0) is 19.0. The Bertz CT molecular complexity index is 1070. The number of nitrogen functional groups attached to an aromatic ring is 2. The predicted molar refractivity (Wildman–Crippen MR) is 103 cm³/mol. The lowest BCUT2D eigenvalue weighted by Crippen LogP contribution is -2.51. The Hall–Kier alpha value is -2.83. The van der Waals surface area contributed by atoms with Crippen LogP contribution < -0.4 is 11.5 Å². The molecule has 2 aliphatic rings. The molecular formula is C19H21BF2N4. The number of halogens is 2. The Balaban J connectivity index is 2.20. The van der Waals surface area contributed by atoms with Crippen molar-refractivity contribution in [3.63, 3.8) is 0 Å². The van der Waals surface area contributed by atoms with Gasteiger partial charge in [-0.05, 0) is 56.3 Å². The molecule has 26 heavy (non-hydrogen) atoms. The maximum Gasteiger partial charge on any atom is 0.737 e. The summed E-state index contributed by atoms with van der Waals surface area (Å²) in [6.45, 7) is 3.18. The molecule has 4 nitrogen and oxygen atoms in total. The zero-order valence-corrected chi connectivity index (χ0v) is 15.3. The Morgan fingerprint density at radius 1 is 1.04 bits per heavy atom. The van der Waals surface area contributed by atoms with E-state index in [-0.39, 0.29) is 0 Å². The summed E-state index contributed by atoms with van der Waals surface area (Å²) in [5, 5.41) is 0. The lowest BCUT2D eigenvalue weighted by molar-refractivity contribution is -0.363. The number of aryl methyl sites for hydroxylation is 2. The van der Waals surface area contributed by atoms with Crippen molar-refractivity contribution in [3.05, 3.63) is 64.1 Å². The number of allylic oxidation sites excluding steroid dienone is 2. The van der Waals surface area contributed by atoms with Crippen molar-refractivity contribution in [2.24, 2.45) is 0 Å². The van der Waals surface area contributed by atoms with E-state index in [4.69, 9.17) is 11.5 Å². The lowest BCUT2D eigenvalue weighted by Gasteiger charge is -2.34. The summed E-state index contributed by atoms with van der Waals surface area (Å²) in [4.78, 5) is 0. The van der Waals surface area contributed by atoms with Crippen molar-refractivity contribution in [2.45, 2.75) is 27.7 Å². The van der Waals surface area contributed by atoms with Gasteiger partial charge >= 0.3 is 6.97 Å². The summed E-state index contributed by atoms with van der Waals surface area (Å²) in [6, 6.07) is 7.04. The third-order valence-corrected chi connectivity index (χ3v) is 5.28. The second-order valence-electron chi connectivity index (χ2n) is 7.18. The van der Waals surface area contributed by atoms with Crippen LogP contribution in [0.5, 0.6) is 0 Å². The fraction of sp³-hybridized carbons (Fsp3) is 0.211. The third kappa shape index (κ3) is 1.97. The van der Waals surface area contributed by atoms with Gasteiger partial charge in [-0.3, -0.25) is 0 Å². The number of fused-ring (bicyclic) bond motifs is 2. The van der Waals surface area contributed by atoms with Gasteiger partial charge in [0.15, 0.2) is 5.70 Å². The first kappa shape index (κ1) is 16.6. The van der Waals surface area contributed by atoms with E-state index in [0.29, 0.717) is 34.2 Å². The number of nitrogens with two attached hydrogens (primary N) is 2. The highest BCUT2D eigenvalue weighted by molar-refractivity contribution is 6.58. The number of anilines is 2. The number of benzene rings is 1. The number of hydrogen-bond acceptors (Lipinski definition) is 2. The van der Waals surface area contributed by atoms with Crippen LogP contribution in [0.25, 0.3) is 5.57 Å². The fourth-order valence-corrected chi connectivity index (χ4v) is 4.36. The summed E-state index contributed by atoms with van der Waals surface area (Å²) < 4.78 is 33.4. The molecule has 0 unspecified atom stereocenters. The van der Waals surface area contributed by atoms with Gasteiger partial charge in [-0.15, -0.1) is 0 Å². The molecule has 7 heteroatoms. The Labute approximate surface area is 151 Å². The third-order valence-electron chi connectivity index (χ3n) is 5.28. The molecule has 0 amide bonds. The molecule has 0 saturated carbocycles. The van der Waals surface area contributed by atoms with Crippen LogP contribution in [-0.4, -0.2) is 21.6 Å². The highest BCUT2D eigenvalue weighted by Crippen LogP contribution is 2.45. The summed E-state index contributed by atoms with van der Waals surface area (Å²) in [5.74, 6) is 0. The second-order valence-corrected chi connectivity index (χ2v) is 7.18. The minimum absolute atomic E-state index is 0.479. The molecule has 0 fully saturated rings. The summed E-state index contributed by atoms with van der Waals surface area (Å²) >= 11 is 0. The molecule has 1 aromatic carbocycles. The smallest absolute Gasteiger partial charge is 0.399 e. The first-order valence-electron chi connectivity index (χ1n) is 8.57. The summed E-state index contributed by atoms with van der Waals surface area (Å²) in [7, 11) is 0. The summed E-state index contributed by atoms with van der Waals surface area (Å²) in [5.41, 5.74) is 18.3. The van der Waals surface area contributed by atoms with Crippen molar-refractivity contribution in [1.29, 1.82) is 0 Å². The van der Waals surface area contributed by atoms with E-state index in [0.717, 1.165) is 22.3 Å². The van der Waals surface area contributed by atoms with Crippen LogP contribution in [0.2, 0.25) is 0 Å². The van der Waals surface area contributed by atoms with E-state index in [2.05, 4.69) is 0 Å². The van der Waals surface area contributed by atoms with Gasteiger partial charge in [0.05, 0.1) is 5.57 Å². The molecule has 0 radical (unpaired) electrons. The van der Waals surface area contributed by atoms with Crippen LogP contribution in [-0.2, 0) is 0 Å². The van der Waals surface area contributed by atoms with E-state index >= 15 is 8.63 Å². The minimum atomic E-state index is -3.97. The molecule has 2 aliphatic heterocycles. The van der Waals surface area contributed by atoms with Crippen molar-refractivity contribution < 1.29 is 13.1 Å². The normalized spacial score (nSPS) is 18.2. The minimum Gasteiger partial charge on any atom is -0.399 e. The predicted octanol–water partition coefficient (Wildman–Crippen LogP) is 3.70. The van der Waals surface area contributed by atoms with Gasteiger partial charge in [0.25, 0.3) is 0 Å². The highest BCUT2D eigenvalue weighted by atomic mass is 19.2. The molecule has 4 N–H and O–H groups in total. The van der Waals surface area contributed by atoms with Gasteiger partial charge in [0.1, 0.15) is 5.71 Å².